The van der Waals surface area contributed by atoms with Crippen LogP contribution in [0.4, 0.5) is 0 Å². The molecule has 5 nitrogen and oxygen atoms in total. The van der Waals surface area contributed by atoms with Gasteiger partial charge >= 0.3 is 0 Å². The second kappa shape index (κ2) is 6.45. The Balaban J connectivity index is 1.78. The molecule has 0 atom stereocenters. The first-order valence-electron chi connectivity index (χ1n) is 8.86. The molecule has 1 spiro atoms. The highest BCUT2D eigenvalue weighted by molar-refractivity contribution is 7.89. The van der Waals surface area contributed by atoms with E-state index in [0.717, 1.165) is 35.2 Å². The zero-order valence-corrected chi connectivity index (χ0v) is 15.5. The number of hydrogen-bond donors (Lipinski definition) is 1. The van der Waals surface area contributed by atoms with Crippen LogP contribution < -0.4 is 5.14 Å². The highest BCUT2D eigenvalue weighted by atomic mass is 32.2. The number of pyridine rings is 1. The molecular weight excluding hydrogens is 358 g/mol. The van der Waals surface area contributed by atoms with Crippen LogP contribution >= 0.6 is 0 Å². The van der Waals surface area contributed by atoms with Crippen LogP contribution in [0, 0.1) is 16.7 Å². The number of allylic oxidation sites excluding steroid dienone is 4. The minimum absolute atomic E-state index is 0.00401. The molecule has 1 aromatic heterocycles. The van der Waals surface area contributed by atoms with Crippen molar-refractivity contribution in [2.75, 3.05) is 0 Å². The molecule has 2 N–H and O–H groups in total. The van der Waals surface area contributed by atoms with E-state index in [4.69, 9.17) is 10.4 Å². The van der Waals surface area contributed by atoms with Crippen molar-refractivity contribution in [3.8, 4) is 6.07 Å². The number of nitrogens with zero attached hydrogens (tertiary/aromatic N) is 2. The van der Waals surface area contributed by atoms with Gasteiger partial charge in [-0.15, -0.1) is 0 Å². The van der Waals surface area contributed by atoms with Crippen molar-refractivity contribution in [3.05, 3.63) is 71.6 Å². The third kappa shape index (κ3) is 3.32. The molecule has 1 aromatic carbocycles. The van der Waals surface area contributed by atoms with Gasteiger partial charge in [-0.2, -0.15) is 5.26 Å². The molecule has 1 fully saturated rings. The lowest BCUT2D eigenvalue weighted by Gasteiger charge is -2.16. The van der Waals surface area contributed by atoms with Crippen LogP contribution in [-0.4, -0.2) is 13.4 Å². The second-order valence-electron chi connectivity index (χ2n) is 7.17. The van der Waals surface area contributed by atoms with Crippen LogP contribution in [0.3, 0.4) is 0 Å². The van der Waals surface area contributed by atoms with Gasteiger partial charge in [0.1, 0.15) is 4.90 Å². The van der Waals surface area contributed by atoms with E-state index in [1.54, 1.807) is 6.07 Å². The van der Waals surface area contributed by atoms with E-state index in [9.17, 15) is 8.42 Å². The Morgan fingerprint density at radius 2 is 1.67 bits per heavy atom. The summed E-state index contributed by atoms with van der Waals surface area (Å²) in [6.07, 6.45) is 10.5. The standard InChI is InChI=1S/C21H19N3O2S/c22-13-15-3-5-16(6-4-15)18-11-21(9-1-2-10-21)12-19(18)20-8-7-17(14-24-20)27(23,25)26/h3-8,11-12,14H,1-2,9-10H2,(H2,23,25,26). The van der Waals surface area contributed by atoms with Crippen LogP contribution in [0.2, 0.25) is 0 Å². The molecule has 0 aliphatic heterocycles. The van der Waals surface area contributed by atoms with Crippen LogP contribution in [0.25, 0.3) is 11.1 Å². The summed E-state index contributed by atoms with van der Waals surface area (Å²) in [4.78, 5) is 4.37. The van der Waals surface area contributed by atoms with Gasteiger partial charge in [-0.3, -0.25) is 4.98 Å². The molecule has 27 heavy (non-hydrogen) atoms. The van der Waals surface area contributed by atoms with Gasteiger partial charge in [0.25, 0.3) is 0 Å². The number of primary sulfonamides is 1. The fourth-order valence-corrected chi connectivity index (χ4v) is 4.43. The summed E-state index contributed by atoms with van der Waals surface area (Å²) in [5.74, 6) is 0. The van der Waals surface area contributed by atoms with E-state index in [1.807, 2.05) is 24.3 Å². The number of hydrogen-bond acceptors (Lipinski definition) is 4. The number of benzene rings is 1. The molecular formula is C21H19N3O2S. The molecule has 2 aromatic rings. The summed E-state index contributed by atoms with van der Waals surface area (Å²) in [6, 6.07) is 12.9. The first-order chi connectivity index (χ1) is 12.9. The molecule has 4 rings (SSSR count). The van der Waals surface area contributed by atoms with Crippen LogP contribution in [0.1, 0.15) is 42.5 Å². The fourth-order valence-electron chi connectivity index (χ4n) is 3.98. The molecule has 6 heteroatoms. The van der Waals surface area contributed by atoms with E-state index < -0.39 is 10.0 Å². The van der Waals surface area contributed by atoms with Crippen molar-refractivity contribution in [2.45, 2.75) is 30.6 Å². The molecule has 0 saturated heterocycles. The highest BCUT2D eigenvalue weighted by Crippen LogP contribution is 2.51. The van der Waals surface area contributed by atoms with E-state index in [0.29, 0.717) is 5.56 Å². The van der Waals surface area contributed by atoms with Gasteiger partial charge in [-0.1, -0.05) is 37.1 Å². The lowest BCUT2D eigenvalue weighted by molar-refractivity contribution is 0.523. The number of nitrogens with two attached hydrogens (primary N) is 1. The van der Waals surface area contributed by atoms with Crippen molar-refractivity contribution in [3.63, 3.8) is 0 Å². The molecule has 136 valence electrons. The summed E-state index contributed by atoms with van der Waals surface area (Å²) in [5, 5.41) is 14.2. The van der Waals surface area contributed by atoms with Crippen LogP contribution in [-0.2, 0) is 10.0 Å². The lowest BCUT2D eigenvalue weighted by Crippen LogP contribution is -2.12. The summed E-state index contributed by atoms with van der Waals surface area (Å²) < 4.78 is 23.0. The first-order valence-corrected chi connectivity index (χ1v) is 10.4. The maximum absolute atomic E-state index is 11.5. The Morgan fingerprint density at radius 3 is 2.22 bits per heavy atom. The number of aromatic nitrogens is 1. The predicted octanol–water partition coefficient (Wildman–Crippen LogP) is 3.64. The molecule has 0 amide bonds. The quantitative estimate of drug-likeness (QED) is 0.883. The normalized spacial score (nSPS) is 18.2. The van der Waals surface area contributed by atoms with Gasteiger partial charge in [0.05, 0.1) is 17.3 Å². The Hall–Kier alpha value is -2.75. The van der Waals surface area contributed by atoms with Crippen LogP contribution in [0.5, 0.6) is 0 Å². The van der Waals surface area contributed by atoms with Gasteiger partial charge in [0.15, 0.2) is 0 Å². The third-order valence-electron chi connectivity index (χ3n) is 5.35. The zero-order chi connectivity index (χ0) is 19.1. The van der Waals surface area contributed by atoms with Gasteiger partial charge in [0, 0.05) is 17.2 Å². The fraction of sp³-hybridized carbons (Fsp3) is 0.238. The van der Waals surface area contributed by atoms with Crippen molar-refractivity contribution in [1.82, 2.24) is 4.98 Å². The molecule has 1 heterocycles. The zero-order valence-electron chi connectivity index (χ0n) is 14.7. The largest absolute Gasteiger partial charge is 0.255 e. The Kier molecular flexibility index (Phi) is 4.22. The number of nitriles is 1. The molecule has 2 aliphatic carbocycles. The third-order valence-corrected chi connectivity index (χ3v) is 6.25. The predicted molar refractivity (Wildman–Crippen MR) is 104 cm³/mol. The Morgan fingerprint density at radius 1 is 1.00 bits per heavy atom. The van der Waals surface area contributed by atoms with Gasteiger partial charge < -0.3 is 0 Å². The monoisotopic (exact) mass is 377 g/mol. The topological polar surface area (TPSA) is 96.8 Å². The highest BCUT2D eigenvalue weighted by Gasteiger charge is 2.36. The molecule has 0 radical (unpaired) electrons. The smallest absolute Gasteiger partial charge is 0.239 e. The maximum atomic E-state index is 11.5. The molecule has 0 bridgehead atoms. The average Bonchev–Trinajstić information content (AvgIpc) is 3.28. The van der Waals surface area contributed by atoms with Crippen molar-refractivity contribution in [2.24, 2.45) is 10.6 Å². The summed E-state index contributed by atoms with van der Waals surface area (Å²) in [5.41, 5.74) is 4.50. The molecule has 1 saturated carbocycles. The SMILES string of the molecule is N#Cc1ccc(C2=CC3(C=C2c2ccc(S(N)(=O)=O)cn2)CCCC3)cc1. The van der Waals surface area contributed by atoms with E-state index in [-0.39, 0.29) is 10.3 Å². The van der Waals surface area contributed by atoms with Crippen molar-refractivity contribution >= 4 is 21.2 Å². The maximum Gasteiger partial charge on any atom is 0.239 e. The molecule has 0 unspecified atom stereocenters. The minimum atomic E-state index is -3.77. The minimum Gasteiger partial charge on any atom is -0.255 e. The summed E-state index contributed by atoms with van der Waals surface area (Å²) in [7, 11) is -3.77. The van der Waals surface area contributed by atoms with Gasteiger partial charge in [-0.05, 0) is 48.2 Å². The number of sulfonamides is 1. The summed E-state index contributed by atoms with van der Waals surface area (Å²) in [6.45, 7) is 0. The lowest BCUT2D eigenvalue weighted by atomic mass is 9.88. The first kappa shape index (κ1) is 17.7. The average molecular weight is 377 g/mol. The summed E-state index contributed by atoms with van der Waals surface area (Å²) >= 11 is 0. The Bertz CT molecular complexity index is 1080. The second-order valence-corrected chi connectivity index (χ2v) is 8.73. The number of rotatable bonds is 3. The Labute approximate surface area is 158 Å². The van der Waals surface area contributed by atoms with Crippen molar-refractivity contribution in [1.29, 1.82) is 5.26 Å². The van der Waals surface area contributed by atoms with Gasteiger partial charge in [0.2, 0.25) is 10.0 Å². The van der Waals surface area contributed by atoms with E-state index in [2.05, 4.69) is 23.2 Å². The molecule has 2 aliphatic rings. The van der Waals surface area contributed by atoms with E-state index >= 15 is 0 Å². The van der Waals surface area contributed by atoms with E-state index in [1.165, 1.54) is 25.1 Å². The van der Waals surface area contributed by atoms with Gasteiger partial charge in [-0.25, -0.2) is 13.6 Å². The van der Waals surface area contributed by atoms with Crippen molar-refractivity contribution < 1.29 is 8.42 Å². The van der Waals surface area contributed by atoms with Crippen LogP contribution in [0.15, 0.2) is 59.6 Å².